The summed E-state index contributed by atoms with van der Waals surface area (Å²) in [6.45, 7) is 4.05. The van der Waals surface area contributed by atoms with E-state index in [0.29, 0.717) is 34.8 Å². The smallest absolute Gasteiger partial charge is 0.224 e. The van der Waals surface area contributed by atoms with Crippen LogP contribution in [0.5, 0.6) is 11.5 Å². The molecule has 0 spiro atoms. The number of anilines is 1. The second-order valence-corrected chi connectivity index (χ2v) is 8.10. The van der Waals surface area contributed by atoms with Crippen LogP contribution in [0, 0.1) is 5.92 Å². The highest BCUT2D eigenvalue weighted by Gasteiger charge is 2.14. The highest BCUT2D eigenvalue weighted by atomic mass is 32.2. The molecule has 2 aromatic carbocycles. The average molecular weight is 427 g/mol. The number of amides is 1. The summed E-state index contributed by atoms with van der Waals surface area (Å²) in [4.78, 5) is 16.5. The molecule has 0 unspecified atom stereocenters. The molecule has 1 amide bonds. The van der Waals surface area contributed by atoms with Gasteiger partial charge in [0.1, 0.15) is 0 Å². The van der Waals surface area contributed by atoms with E-state index >= 15 is 0 Å². The average Bonchev–Trinajstić information content (AvgIpc) is 2.74. The van der Waals surface area contributed by atoms with Crippen LogP contribution in [-0.4, -0.2) is 36.8 Å². The lowest BCUT2D eigenvalue weighted by Gasteiger charge is -2.15. The number of hydrogen-bond donors (Lipinski definition) is 2. The number of rotatable bonds is 7. The fraction of sp³-hybridized carbons (Fsp3) is 0.318. The van der Waals surface area contributed by atoms with E-state index in [2.05, 4.69) is 20.8 Å². The minimum atomic E-state index is 0.0287. The van der Waals surface area contributed by atoms with Gasteiger partial charge in [0.15, 0.2) is 16.7 Å². The number of hydrazone groups is 1. The third-order valence-corrected chi connectivity index (χ3v) is 5.20. The minimum Gasteiger partial charge on any atom is -0.493 e. The first-order valence-electron chi connectivity index (χ1n) is 9.65. The summed E-state index contributed by atoms with van der Waals surface area (Å²) in [5.74, 6) is 2.35. The lowest BCUT2D eigenvalue weighted by Crippen LogP contribution is -2.25. The second kappa shape index (κ2) is 10.2. The third-order valence-electron chi connectivity index (χ3n) is 4.33. The molecule has 2 aromatic rings. The van der Waals surface area contributed by atoms with Crippen molar-refractivity contribution >= 4 is 39.9 Å². The van der Waals surface area contributed by atoms with Gasteiger partial charge < -0.3 is 14.8 Å². The van der Waals surface area contributed by atoms with Gasteiger partial charge >= 0.3 is 0 Å². The Morgan fingerprint density at radius 3 is 2.50 bits per heavy atom. The Morgan fingerprint density at radius 2 is 1.90 bits per heavy atom. The Hall–Kier alpha value is -3.00. The molecule has 0 aromatic heterocycles. The number of benzene rings is 2. The molecular weight excluding hydrogens is 400 g/mol. The standard InChI is InChI=1S/C22H26N4O3S/c1-14(2)11-21(27)23-16-7-5-15(6-8-16)18-13-30-22(26-25-18)24-17-9-10-19(28-3)20(12-17)29-4/h5-10,12,14H,11,13H2,1-4H3,(H,23,27)(H,24,26). The molecule has 3 rings (SSSR count). The zero-order valence-electron chi connectivity index (χ0n) is 17.6. The van der Waals surface area contributed by atoms with Crippen molar-refractivity contribution in [2.45, 2.75) is 20.3 Å². The van der Waals surface area contributed by atoms with Crippen molar-refractivity contribution < 1.29 is 14.3 Å². The zero-order valence-corrected chi connectivity index (χ0v) is 18.4. The van der Waals surface area contributed by atoms with Gasteiger partial charge in [-0.25, -0.2) is 4.99 Å². The Bertz CT molecular complexity index is 955. The van der Waals surface area contributed by atoms with E-state index < -0.39 is 0 Å². The number of nitrogens with zero attached hydrogens (tertiary/aromatic N) is 2. The fourth-order valence-electron chi connectivity index (χ4n) is 2.86. The molecule has 0 fully saturated rings. The van der Waals surface area contributed by atoms with Crippen LogP contribution in [0.15, 0.2) is 52.6 Å². The van der Waals surface area contributed by atoms with Crippen LogP contribution in [0.2, 0.25) is 0 Å². The first kappa shape index (κ1) is 21.7. The van der Waals surface area contributed by atoms with Crippen molar-refractivity contribution in [3.05, 3.63) is 48.0 Å². The number of carbonyl (C=O) groups excluding carboxylic acids is 1. The Morgan fingerprint density at radius 1 is 1.17 bits per heavy atom. The van der Waals surface area contributed by atoms with Gasteiger partial charge in [-0.05, 0) is 35.7 Å². The summed E-state index contributed by atoms with van der Waals surface area (Å²) in [6, 6.07) is 13.2. The van der Waals surface area contributed by atoms with E-state index in [1.807, 2.05) is 56.3 Å². The first-order chi connectivity index (χ1) is 14.5. The van der Waals surface area contributed by atoms with Gasteiger partial charge in [-0.2, -0.15) is 5.10 Å². The Balaban J connectivity index is 1.64. The van der Waals surface area contributed by atoms with Crippen molar-refractivity contribution in [1.29, 1.82) is 0 Å². The Kier molecular flexibility index (Phi) is 7.35. The van der Waals surface area contributed by atoms with E-state index in [1.54, 1.807) is 26.0 Å². The normalized spacial score (nSPS) is 14.8. The maximum Gasteiger partial charge on any atom is 0.224 e. The molecule has 7 nitrogen and oxygen atoms in total. The van der Waals surface area contributed by atoms with Crippen LogP contribution in [0.3, 0.4) is 0 Å². The molecular formula is C22H26N4O3S. The highest BCUT2D eigenvalue weighted by Crippen LogP contribution is 2.31. The summed E-state index contributed by atoms with van der Waals surface area (Å²) < 4.78 is 10.6. The van der Waals surface area contributed by atoms with E-state index in [-0.39, 0.29) is 5.91 Å². The fourth-order valence-corrected chi connectivity index (χ4v) is 3.65. The lowest BCUT2D eigenvalue weighted by molar-refractivity contribution is -0.116. The highest BCUT2D eigenvalue weighted by molar-refractivity contribution is 8.14. The molecule has 0 radical (unpaired) electrons. The van der Waals surface area contributed by atoms with Crippen molar-refractivity contribution in [2.24, 2.45) is 16.0 Å². The van der Waals surface area contributed by atoms with Gasteiger partial charge in [0.2, 0.25) is 5.91 Å². The molecule has 0 saturated carbocycles. The molecule has 1 aliphatic rings. The summed E-state index contributed by atoms with van der Waals surface area (Å²) in [7, 11) is 3.20. The number of hydrogen-bond acceptors (Lipinski definition) is 6. The second-order valence-electron chi connectivity index (χ2n) is 7.14. The number of carbonyl (C=O) groups is 1. The topological polar surface area (TPSA) is 84.3 Å². The van der Waals surface area contributed by atoms with E-state index in [1.165, 1.54) is 0 Å². The number of ether oxygens (including phenoxy) is 2. The molecule has 0 bridgehead atoms. The Labute approximate surface area is 181 Å². The van der Waals surface area contributed by atoms with Crippen LogP contribution in [0.4, 0.5) is 11.4 Å². The quantitative estimate of drug-likeness (QED) is 0.685. The van der Waals surface area contributed by atoms with Crippen LogP contribution in [0.1, 0.15) is 25.8 Å². The lowest BCUT2D eigenvalue weighted by atomic mass is 10.1. The molecule has 30 heavy (non-hydrogen) atoms. The van der Waals surface area contributed by atoms with Gasteiger partial charge in [0.25, 0.3) is 0 Å². The van der Waals surface area contributed by atoms with Crippen LogP contribution in [0.25, 0.3) is 0 Å². The van der Waals surface area contributed by atoms with E-state index in [0.717, 1.165) is 22.6 Å². The number of methoxy groups -OCH3 is 2. The van der Waals surface area contributed by atoms with E-state index in [4.69, 9.17) is 9.47 Å². The van der Waals surface area contributed by atoms with Crippen molar-refractivity contribution in [1.82, 2.24) is 5.43 Å². The predicted octanol–water partition coefficient (Wildman–Crippen LogP) is 4.42. The van der Waals surface area contributed by atoms with Gasteiger partial charge in [-0.1, -0.05) is 37.7 Å². The third kappa shape index (κ3) is 5.76. The predicted molar refractivity (Wildman–Crippen MR) is 123 cm³/mol. The van der Waals surface area contributed by atoms with Gasteiger partial charge in [0.05, 0.1) is 25.6 Å². The van der Waals surface area contributed by atoms with Crippen LogP contribution >= 0.6 is 11.8 Å². The molecule has 1 heterocycles. The van der Waals surface area contributed by atoms with Crippen molar-refractivity contribution in [3.63, 3.8) is 0 Å². The maximum atomic E-state index is 11.9. The minimum absolute atomic E-state index is 0.0287. The molecule has 158 valence electrons. The van der Waals surface area contributed by atoms with Crippen LogP contribution in [-0.2, 0) is 4.79 Å². The van der Waals surface area contributed by atoms with Crippen molar-refractivity contribution in [3.8, 4) is 11.5 Å². The summed E-state index contributed by atoms with van der Waals surface area (Å²) >= 11 is 1.57. The number of amidine groups is 1. The summed E-state index contributed by atoms with van der Waals surface area (Å²) in [5, 5.41) is 8.08. The van der Waals surface area contributed by atoms with Gasteiger partial charge in [0, 0.05) is 23.9 Å². The summed E-state index contributed by atoms with van der Waals surface area (Å²) in [6.07, 6.45) is 0.511. The monoisotopic (exact) mass is 426 g/mol. The maximum absolute atomic E-state index is 11.9. The van der Waals surface area contributed by atoms with E-state index in [9.17, 15) is 4.79 Å². The molecule has 0 aliphatic carbocycles. The van der Waals surface area contributed by atoms with Gasteiger partial charge in [-0.3, -0.25) is 10.2 Å². The number of nitrogens with one attached hydrogen (secondary N) is 2. The zero-order chi connectivity index (χ0) is 21.5. The first-order valence-corrected chi connectivity index (χ1v) is 10.6. The van der Waals surface area contributed by atoms with Crippen molar-refractivity contribution in [2.75, 3.05) is 25.3 Å². The van der Waals surface area contributed by atoms with Gasteiger partial charge in [-0.15, -0.1) is 0 Å². The molecule has 2 N–H and O–H groups in total. The molecule has 8 heteroatoms. The number of thioether (sulfide) groups is 1. The number of aliphatic imine (C=N–C) groups is 1. The largest absolute Gasteiger partial charge is 0.493 e. The summed E-state index contributed by atoms with van der Waals surface area (Å²) in [5.41, 5.74) is 6.48. The SMILES string of the molecule is COc1ccc(N=C2NN=C(c3ccc(NC(=O)CC(C)C)cc3)CS2)cc1OC. The van der Waals surface area contributed by atoms with Crippen LogP contribution < -0.4 is 20.2 Å². The molecule has 1 aliphatic heterocycles. The molecule has 0 atom stereocenters. The molecule has 0 saturated heterocycles.